The summed E-state index contributed by atoms with van der Waals surface area (Å²) in [6.45, 7) is 8.58. The molecule has 1 unspecified atom stereocenters. The van der Waals surface area contributed by atoms with Gasteiger partial charge in [-0.15, -0.1) is 0 Å². The number of hydrogen-bond donors (Lipinski definition) is 1. The average Bonchev–Trinajstić information content (AvgIpc) is 2.58. The van der Waals surface area contributed by atoms with Gasteiger partial charge in [0.2, 0.25) is 0 Å². The van der Waals surface area contributed by atoms with Crippen molar-refractivity contribution in [1.29, 1.82) is 0 Å². The van der Waals surface area contributed by atoms with Gasteiger partial charge in [0.15, 0.2) is 0 Å². The Balaban J connectivity index is 2.04. The van der Waals surface area contributed by atoms with Crippen LogP contribution < -0.4 is 5.32 Å². The number of rotatable bonds is 4. The molecule has 1 N–H and O–H groups in total. The third-order valence-electron chi connectivity index (χ3n) is 3.85. The second kappa shape index (κ2) is 6.73. The third-order valence-corrected chi connectivity index (χ3v) is 4.32. The summed E-state index contributed by atoms with van der Waals surface area (Å²) in [5, 5.41) is 8.81. The summed E-state index contributed by atoms with van der Waals surface area (Å²) in [5.74, 6) is 0. The van der Waals surface area contributed by atoms with Crippen LogP contribution in [-0.4, -0.2) is 40.4 Å². The van der Waals surface area contributed by atoms with Crippen LogP contribution in [0.2, 0.25) is 5.15 Å². The van der Waals surface area contributed by atoms with Crippen molar-refractivity contribution in [2.24, 2.45) is 7.05 Å². The van der Waals surface area contributed by atoms with E-state index in [0.717, 1.165) is 37.0 Å². The largest absolute Gasteiger partial charge is 0.313 e. The van der Waals surface area contributed by atoms with Crippen LogP contribution in [0.5, 0.6) is 0 Å². The highest BCUT2D eigenvalue weighted by Crippen LogP contribution is 2.21. The standard InChI is InChI=1S/C14H25ClN4/c1-4-6-12-9-19(8-5-7-16-12)10-13-11(2)17-18(3)14(13)15/h12,16H,4-10H2,1-3H3. The van der Waals surface area contributed by atoms with Crippen LogP contribution in [0.3, 0.4) is 0 Å². The molecule has 4 nitrogen and oxygen atoms in total. The maximum Gasteiger partial charge on any atom is 0.131 e. The zero-order chi connectivity index (χ0) is 13.8. The lowest BCUT2D eigenvalue weighted by atomic mass is 10.1. The van der Waals surface area contributed by atoms with Crippen molar-refractivity contribution in [2.75, 3.05) is 19.6 Å². The number of aryl methyl sites for hydroxylation is 2. The predicted molar refractivity (Wildman–Crippen MR) is 79.5 cm³/mol. The highest BCUT2D eigenvalue weighted by atomic mass is 35.5. The first-order valence-electron chi connectivity index (χ1n) is 7.25. The minimum absolute atomic E-state index is 0.614. The number of hydrogen-bond acceptors (Lipinski definition) is 3. The van der Waals surface area contributed by atoms with Crippen molar-refractivity contribution < 1.29 is 0 Å². The molecule has 0 aromatic carbocycles. The fourth-order valence-electron chi connectivity index (χ4n) is 2.84. The van der Waals surface area contributed by atoms with Crippen LogP contribution in [0.25, 0.3) is 0 Å². The first-order chi connectivity index (χ1) is 9.11. The van der Waals surface area contributed by atoms with Gasteiger partial charge in [-0.05, 0) is 32.9 Å². The lowest BCUT2D eigenvalue weighted by Gasteiger charge is -2.24. The van der Waals surface area contributed by atoms with E-state index >= 15 is 0 Å². The van der Waals surface area contributed by atoms with Gasteiger partial charge >= 0.3 is 0 Å². The monoisotopic (exact) mass is 284 g/mol. The van der Waals surface area contributed by atoms with Gasteiger partial charge in [-0.3, -0.25) is 9.58 Å². The van der Waals surface area contributed by atoms with E-state index in [1.165, 1.54) is 24.8 Å². The van der Waals surface area contributed by atoms with Crippen LogP contribution in [0.1, 0.15) is 37.4 Å². The Kier molecular flexibility index (Phi) is 5.25. The third kappa shape index (κ3) is 3.71. The van der Waals surface area contributed by atoms with Gasteiger partial charge in [-0.2, -0.15) is 5.10 Å². The molecule has 1 saturated heterocycles. The fraction of sp³-hybridized carbons (Fsp3) is 0.786. The molecule has 5 heteroatoms. The first-order valence-corrected chi connectivity index (χ1v) is 7.63. The molecule has 2 rings (SSSR count). The normalized spacial score (nSPS) is 21.6. The van der Waals surface area contributed by atoms with E-state index in [1.54, 1.807) is 4.68 Å². The first kappa shape index (κ1) is 14.8. The summed E-state index contributed by atoms with van der Waals surface area (Å²) >= 11 is 6.33. The molecule has 1 aromatic heterocycles. The summed E-state index contributed by atoms with van der Waals surface area (Å²) in [6, 6.07) is 0.614. The predicted octanol–water partition coefficient (Wildman–Crippen LogP) is 2.35. The quantitative estimate of drug-likeness (QED) is 0.921. The zero-order valence-electron chi connectivity index (χ0n) is 12.2. The molecule has 19 heavy (non-hydrogen) atoms. The second-order valence-corrected chi connectivity index (χ2v) is 5.86. The van der Waals surface area contributed by atoms with Gasteiger partial charge in [-0.1, -0.05) is 24.9 Å². The summed E-state index contributed by atoms with van der Waals surface area (Å²) in [6.07, 6.45) is 3.69. The maximum absolute atomic E-state index is 6.33. The Morgan fingerprint density at radius 2 is 2.26 bits per heavy atom. The maximum atomic E-state index is 6.33. The topological polar surface area (TPSA) is 33.1 Å². The molecular formula is C14H25ClN4. The fourth-order valence-corrected chi connectivity index (χ4v) is 3.07. The van der Waals surface area contributed by atoms with Crippen molar-refractivity contribution in [3.05, 3.63) is 16.4 Å². The molecule has 0 saturated carbocycles. The SMILES string of the molecule is CCCC1CN(Cc2c(C)nn(C)c2Cl)CCCN1. The Morgan fingerprint density at radius 3 is 2.89 bits per heavy atom. The Morgan fingerprint density at radius 1 is 1.47 bits per heavy atom. The smallest absolute Gasteiger partial charge is 0.131 e. The molecule has 1 fully saturated rings. The molecule has 1 atom stereocenters. The van der Waals surface area contributed by atoms with Gasteiger partial charge in [0, 0.05) is 31.7 Å². The van der Waals surface area contributed by atoms with Gasteiger partial charge in [0.25, 0.3) is 0 Å². The molecule has 1 aliphatic rings. The summed E-state index contributed by atoms with van der Waals surface area (Å²) in [7, 11) is 1.91. The van der Waals surface area contributed by atoms with Crippen LogP contribution in [0.15, 0.2) is 0 Å². The number of aromatic nitrogens is 2. The number of nitrogens with zero attached hydrogens (tertiary/aromatic N) is 3. The Labute approximate surface area is 121 Å². The van der Waals surface area contributed by atoms with Crippen molar-refractivity contribution in [2.45, 2.75) is 45.7 Å². The van der Waals surface area contributed by atoms with E-state index in [2.05, 4.69) is 22.2 Å². The molecule has 108 valence electrons. The average molecular weight is 285 g/mol. The molecule has 0 spiro atoms. The minimum Gasteiger partial charge on any atom is -0.313 e. The number of halogens is 1. The van der Waals surface area contributed by atoms with Gasteiger partial charge in [0.1, 0.15) is 5.15 Å². The Hall–Kier alpha value is -0.580. The molecule has 2 heterocycles. The van der Waals surface area contributed by atoms with Crippen LogP contribution >= 0.6 is 11.6 Å². The van der Waals surface area contributed by atoms with Crippen molar-refractivity contribution in [1.82, 2.24) is 20.0 Å². The number of nitrogens with one attached hydrogen (secondary N) is 1. The van der Waals surface area contributed by atoms with Crippen molar-refractivity contribution in [3.63, 3.8) is 0 Å². The van der Waals surface area contributed by atoms with Gasteiger partial charge in [-0.25, -0.2) is 0 Å². The summed E-state index contributed by atoms with van der Waals surface area (Å²) < 4.78 is 1.77. The molecular weight excluding hydrogens is 260 g/mol. The summed E-state index contributed by atoms with van der Waals surface area (Å²) in [5.41, 5.74) is 2.23. The van der Waals surface area contributed by atoms with E-state index < -0.39 is 0 Å². The molecule has 0 aliphatic carbocycles. The molecule has 1 aromatic rings. The lowest BCUT2D eigenvalue weighted by Crippen LogP contribution is -2.37. The van der Waals surface area contributed by atoms with E-state index in [-0.39, 0.29) is 0 Å². The van der Waals surface area contributed by atoms with Gasteiger partial charge < -0.3 is 5.32 Å². The lowest BCUT2D eigenvalue weighted by molar-refractivity contribution is 0.254. The van der Waals surface area contributed by atoms with E-state index in [4.69, 9.17) is 11.6 Å². The van der Waals surface area contributed by atoms with E-state index in [9.17, 15) is 0 Å². The summed E-state index contributed by atoms with van der Waals surface area (Å²) in [4.78, 5) is 2.51. The molecule has 0 amide bonds. The van der Waals surface area contributed by atoms with Crippen molar-refractivity contribution >= 4 is 11.6 Å². The van der Waals surface area contributed by atoms with E-state index in [1.807, 2.05) is 14.0 Å². The minimum atomic E-state index is 0.614. The van der Waals surface area contributed by atoms with Gasteiger partial charge in [0.05, 0.1) is 5.69 Å². The molecule has 0 radical (unpaired) electrons. The molecule has 0 bridgehead atoms. The van der Waals surface area contributed by atoms with Crippen LogP contribution in [0, 0.1) is 6.92 Å². The zero-order valence-corrected chi connectivity index (χ0v) is 13.0. The van der Waals surface area contributed by atoms with Crippen molar-refractivity contribution in [3.8, 4) is 0 Å². The highest BCUT2D eigenvalue weighted by Gasteiger charge is 2.20. The Bertz CT molecular complexity index is 416. The highest BCUT2D eigenvalue weighted by molar-refractivity contribution is 6.30. The van der Waals surface area contributed by atoms with Crippen LogP contribution in [-0.2, 0) is 13.6 Å². The van der Waals surface area contributed by atoms with Crippen LogP contribution in [0.4, 0.5) is 0 Å². The molecule has 1 aliphatic heterocycles. The van der Waals surface area contributed by atoms with E-state index in [0.29, 0.717) is 6.04 Å². The second-order valence-electron chi connectivity index (χ2n) is 5.51.